The fourth-order valence-corrected chi connectivity index (χ4v) is 4.41. The number of carbonyl (C=O) groups is 2. The highest BCUT2D eigenvalue weighted by Gasteiger charge is 2.39. The van der Waals surface area contributed by atoms with Crippen molar-refractivity contribution in [1.82, 2.24) is 5.32 Å². The van der Waals surface area contributed by atoms with E-state index in [0.717, 1.165) is 0 Å². The summed E-state index contributed by atoms with van der Waals surface area (Å²) < 4.78 is 27.8. The van der Waals surface area contributed by atoms with E-state index in [1.165, 1.54) is 12.1 Å². The van der Waals surface area contributed by atoms with E-state index in [1.807, 2.05) is 0 Å². The molecule has 7 nitrogen and oxygen atoms in total. The van der Waals surface area contributed by atoms with E-state index in [2.05, 4.69) is 5.32 Å². The molecule has 0 spiro atoms. The highest BCUT2D eigenvalue weighted by molar-refractivity contribution is 7.91. The number of anilines is 1. The number of benzene rings is 1. The van der Waals surface area contributed by atoms with E-state index < -0.39 is 33.9 Å². The SMILES string of the molecule is C[C@]1(NC(=O)COC(=O)c2ccc(N)cc2)CCS(=O)(=O)C1. The molecule has 0 aliphatic carbocycles. The summed E-state index contributed by atoms with van der Waals surface area (Å²) in [5, 5.41) is 2.61. The van der Waals surface area contributed by atoms with Crippen LogP contribution in [0.5, 0.6) is 0 Å². The van der Waals surface area contributed by atoms with Crippen LogP contribution in [0.15, 0.2) is 24.3 Å². The van der Waals surface area contributed by atoms with Crippen LogP contribution in [-0.4, -0.2) is 43.9 Å². The van der Waals surface area contributed by atoms with Crippen LogP contribution in [0.4, 0.5) is 5.69 Å². The molecule has 1 fully saturated rings. The molecule has 3 N–H and O–H groups in total. The maximum atomic E-state index is 11.8. The molecule has 1 aliphatic heterocycles. The van der Waals surface area contributed by atoms with E-state index in [1.54, 1.807) is 19.1 Å². The van der Waals surface area contributed by atoms with Crippen LogP contribution >= 0.6 is 0 Å². The first-order valence-electron chi connectivity index (χ1n) is 6.73. The summed E-state index contributed by atoms with van der Waals surface area (Å²) in [6, 6.07) is 6.11. The summed E-state index contributed by atoms with van der Waals surface area (Å²) in [6.07, 6.45) is 0.354. The topological polar surface area (TPSA) is 116 Å². The van der Waals surface area contributed by atoms with Crippen LogP contribution in [0.2, 0.25) is 0 Å². The fourth-order valence-electron chi connectivity index (χ4n) is 2.32. The lowest BCUT2D eigenvalue weighted by Crippen LogP contribution is -2.48. The molecule has 1 aromatic carbocycles. The number of ether oxygens (including phenoxy) is 1. The van der Waals surface area contributed by atoms with Gasteiger partial charge in [0.25, 0.3) is 5.91 Å². The molecular formula is C14H18N2O5S. The maximum Gasteiger partial charge on any atom is 0.338 e. The van der Waals surface area contributed by atoms with Crippen LogP contribution < -0.4 is 11.1 Å². The van der Waals surface area contributed by atoms with Gasteiger partial charge in [0.05, 0.1) is 22.6 Å². The molecule has 0 radical (unpaired) electrons. The fraction of sp³-hybridized carbons (Fsp3) is 0.429. The molecule has 2 rings (SSSR count). The standard InChI is InChI=1S/C14H18N2O5S/c1-14(6-7-22(19,20)9-14)16-12(17)8-21-13(18)10-2-4-11(15)5-3-10/h2-5H,6-9,15H2,1H3,(H,16,17)/t14-/m0/s1. The minimum Gasteiger partial charge on any atom is -0.452 e. The van der Waals surface area contributed by atoms with Crippen LogP contribution in [0.3, 0.4) is 0 Å². The Morgan fingerprint density at radius 2 is 1.95 bits per heavy atom. The van der Waals surface area contributed by atoms with Gasteiger partial charge in [-0.2, -0.15) is 0 Å². The Balaban J connectivity index is 1.85. The molecule has 1 atom stereocenters. The molecule has 0 unspecified atom stereocenters. The van der Waals surface area contributed by atoms with Crippen LogP contribution in [0, 0.1) is 0 Å². The number of nitrogens with two attached hydrogens (primary N) is 1. The number of carbonyl (C=O) groups excluding carboxylic acids is 2. The van der Waals surface area contributed by atoms with E-state index >= 15 is 0 Å². The molecule has 1 aromatic rings. The molecule has 0 aromatic heterocycles. The minimum atomic E-state index is -3.11. The van der Waals surface area contributed by atoms with Gasteiger partial charge in [0, 0.05) is 5.69 Å². The van der Waals surface area contributed by atoms with Crippen molar-refractivity contribution in [2.75, 3.05) is 23.8 Å². The van der Waals surface area contributed by atoms with Gasteiger partial charge in [-0.3, -0.25) is 4.79 Å². The number of nitrogens with one attached hydrogen (secondary N) is 1. The zero-order chi connectivity index (χ0) is 16.4. The Bertz CT molecular complexity index is 684. The van der Waals surface area contributed by atoms with Gasteiger partial charge < -0.3 is 15.8 Å². The lowest BCUT2D eigenvalue weighted by Gasteiger charge is -2.23. The Morgan fingerprint density at radius 1 is 1.32 bits per heavy atom. The van der Waals surface area contributed by atoms with Gasteiger partial charge in [-0.05, 0) is 37.6 Å². The number of sulfone groups is 1. The Morgan fingerprint density at radius 3 is 2.50 bits per heavy atom. The molecule has 1 saturated heterocycles. The molecule has 0 saturated carbocycles. The van der Waals surface area contributed by atoms with Gasteiger partial charge in [0.1, 0.15) is 0 Å². The predicted molar refractivity (Wildman–Crippen MR) is 81.0 cm³/mol. The highest BCUT2D eigenvalue weighted by Crippen LogP contribution is 2.22. The number of hydrogen-bond donors (Lipinski definition) is 2. The predicted octanol–water partition coefficient (Wildman–Crippen LogP) is 0.119. The van der Waals surface area contributed by atoms with Gasteiger partial charge in [-0.25, -0.2) is 13.2 Å². The molecule has 1 heterocycles. The van der Waals surface area contributed by atoms with E-state index in [0.29, 0.717) is 12.1 Å². The van der Waals surface area contributed by atoms with E-state index in [9.17, 15) is 18.0 Å². The van der Waals surface area contributed by atoms with Crippen molar-refractivity contribution >= 4 is 27.4 Å². The van der Waals surface area contributed by atoms with Crippen molar-refractivity contribution < 1.29 is 22.7 Å². The molecule has 1 aliphatic rings. The first kappa shape index (κ1) is 16.3. The second-order valence-electron chi connectivity index (χ2n) is 5.65. The first-order valence-corrected chi connectivity index (χ1v) is 8.55. The normalized spacial score (nSPS) is 23.0. The number of esters is 1. The summed E-state index contributed by atoms with van der Waals surface area (Å²) in [6.45, 7) is 1.20. The number of nitrogen functional groups attached to an aromatic ring is 1. The van der Waals surface area contributed by atoms with Crippen LogP contribution in [0.25, 0.3) is 0 Å². The Labute approximate surface area is 128 Å². The Hall–Kier alpha value is -2.09. The largest absolute Gasteiger partial charge is 0.452 e. The van der Waals surface area contributed by atoms with Gasteiger partial charge in [0.15, 0.2) is 16.4 Å². The monoisotopic (exact) mass is 326 g/mol. The van der Waals surface area contributed by atoms with E-state index in [4.69, 9.17) is 10.5 Å². The quantitative estimate of drug-likeness (QED) is 0.600. The summed E-state index contributed by atoms with van der Waals surface area (Å²) in [4.78, 5) is 23.5. The molecule has 22 heavy (non-hydrogen) atoms. The van der Waals surface area contributed by atoms with Gasteiger partial charge in [0.2, 0.25) is 0 Å². The summed E-state index contributed by atoms with van der Waals surface area (Å²) in [5.74, 6) is -1.21. The number of rotatable bonds is 4. The summed E-state index contributed by atoms with van der Waals surface area (Å²) in [7, 11) is -3.11. The number of amides is 1. The molecule has 8 heteroatoms. The second kappa shape index (κ2) is 5.96. The lowest BCUT2D eigenvalue weighted by molar-refractivity contribution is -0.125. The summed E-state index contributed by atoms with van der Waals surface area (Å²) >= 11 is 0. The third-order valence-corrected chi connectivity index (χ3v) is 5.33. The van der Waals surface area contributed by atoms with Crippen LogP contribution in [-0.2, 0) is 19.4 Å². The molecule has 1 amide bonds. The third kappa shape index (κ3) is 4.20. The van der Waals surface area contributed by atoms with Gasteiger partial charge in [-0.1, -0.05) is 0 Å². The maximum absolute atomic E-state index is 11.8. The van der Waals surface area contributed by atoms with Gasteiger partial charge >= 0.3 is 5.97 Å². The smallest absolute Gasteiger partial charge is 0.338 e. The highest BCUT2D eigenvalue weighted by atomic mass is 32.2. The van der Waals surface area contributed by atoms with Crippen molar-refractivity contribution in [2.24, 2.45) is 0 Å². The van der Waals surface area contributed by atoms with Gasteiger partial charge in [-0.15, -0.1) is 0 Å². The second-order valence-corrected chi connectivity index (χ2v) is 7.83. The van der Waals surface area contributed by atoms with Crippen LogP contribution in [0.1, 0.15) is 23.7 Å². The average Bonchev–Trinajstić information content (AvgIpc) is 2.70. The van der Waals surface area contributed by atoms with E-state index in [-0.39, 0.29) is 17.1 Å². The zero-order valence-electron chi connectivity index (χ0n) is 12.2. The number of hydrogen-bond acceptors (Lipinski definition) is 6. The van der Waals surface area contributed by atoms with Crippen molar-refractivity contribution in [1.29, 1.82) is 0 Å². The van der Waals surface area contributed by atoms with Crippen molar-refractivity contribution in [3.8, 4) is 0 Å². The minimum absolute atomic E-state index is 0.0506. The first-order chi connectivity index (χ1) is 10.2. The van der Waals surface area contributed by atoms with Crippen molar-refractivity contribution in [3.63, 3.8) is 0 Å². The third-order valence-electron chi connectivity index (χ3n) is 3.43. The van der Waals surface area contributed by atoms with Crippen molar-refractivity contribution in [3.05, 3.63) is 29.8 Å². The summed E-state index contributed by atoms with van der Waals surface area (Å²) in [5.41, 5.74) is 5.52. The molecule has 0 bridgehead atoms. The Kier molecular flexibility index (Phi) is 4.41. The zero-order valence-corrected chi connectivity index (χ0v) is 13.0. The molecule has 120 valence electrons. The molecular weight excluding hydrogens is 308 g/mol. The average molecular weight is 326 g/mol. The van der Waals surface area contributed by atoms with Crippen molar-refractivity contribution in [2.45, 2.75) is 18.9 Å². The lowest BCUT2D eigenvalue weighted by atomic mass is 10.0.